The van der Waals surface area contributed by atoms with Gasteiger partial charge in [0.2, 0.25) is 5.01 Å². The zero-order valence-corrected chi connectivity index (χ0v) is 18.1. The van der Waals surface area contributed by atoms with Crippen LogP contribution >= 0.6 is 11.3 Å². The van der Waals surface area contributed by atoms with Crippen LogP contribution in [0.4, 0.5) is 5.69 Å². The highest BCUT2D eigenvalue weighted by atomic mass is 32.1. The molecule has 2 heterocycles. The number of ether oxygens (including phenoxy) is 1. The van der Waals surface area contributed by atoms with Gasteiger partial charge in [-0.05, 0) is 43.5 Å². The van der Waals surface area contributed by atoms with Gasteiger partial charge in [-0.2, -0.15) is 0 Å². The molecule has 7 nitrogen and oxygen atoms in total. The third-order valence-corrected chi connectivity index (χ3v) is 6.34. The maximum Gasteiger partial charge on any atom is 0.286 e. The quantitative estimate of drug-likeness (QED) is 0.634. The Hall–Kier alpha value is -3.26. The van der Waals surface area contributed by atoms with Crippen molar-refractivity contribution in [2.45, 2.75) is 25.7 Å². The molecule has 0 radical (unpaired) electrons. The molecule has 3 aromatic rings. The number of likely N-dealkylation sites (tertiary alicyclic amines) is 1. The lowest BCUT2D eigenvalue weighted by atomic mass is 9.99. The molecule has 160 valence electrons. The van der Waals surface area contributed by atoms with Crippen molar-refractivity contribution in [3.05, 3.63) is 70.2 Å². The molecule has 31 heavy (non-hydrogen) atoms. The Morgan fingerprint density at radius 3 is 2.71 bits per heavy atom. The third-order valence-electron chi connectivity index (χ3n) is 5.26. The first-order valence-corrected chi connectivity index (χ1v) is 11.1. The van der Waals surface area contributed by atoms with Crippen molar-refractivity contribution in [2.24, 2.45) is 0 Å². The van der Waals surface area contributed by atoms with E-state index in [2.05, 4.69) is 15.5 Å². The summed E-state index contributed by atoms with van der Waals surface area (Å²) in [5.74, 6) is 0.443. The standard InChI is InChI=1S/C23H24N4O3S/c1-16-8-5-6-12-19(16)24-21(29)23-26-25-22(31-23)17-9-7-13-27(14-17)20(28)15-30-18-10-3-2-4-11-18/h2-6,8,10-12,17H,7,9,13-15H2,1H3,(H,24,29)/t17-/m0/s1. The Morgan fingerprint density at radius 1 is 1.13 bits per heavy atom. The molecule has 1 aliphatic rings. The summed E-state index contributed by atoms with van der Waals surface area (Å²) in [5, 5.41) is 12.3. The number of para-hydroxylation sites is 2. The van der Waals surface area contributed by atoms with E-state index in [0.717, 1.165) is 29.1 Å². The third kappa shape index (κ3) is 5.27. The predicted octanol–water partition coefficient (Wildman–Crippen LogP) is 3.88. The summed E-state index contributed by atoms with van der Waals surface area (Å²) in [7, 11) is 0. The maximum absolute atomic E-state index is 12.6. The SMILES string of the molecule is Cc1ccccc1NC(=O)c1nnc([C@H]2CCCN(C(=O)COc3ccccc3)C2)s1. The molecule has 0 bridgehead atoms. The first kappa shape index (κ1) is 21.0. The molecule has 4 rings (SSSR count). The van der Waals surface area contributed by atoms with Gasteiger partial charge in [0.15, 0.2) is 6.61 Å². The van der Waals surface area contributed by atoms with Gasteiger partial charge in [-0.25, -0.2) is 0 Å². The Bertz CT molecular complexity index is 1050. The van der Waals surface area contributed by atoms with Crippen LogP contribution in [0.2, 0.25) is 0 Å². The number of carbonyl (C=O) groups excluding carboxylic acids is 2. The van der Waals surface area contributed by atoms with Crippen LogP contribution in [0.15, 0.2) is 54.6 Å². The molecule has 1 atom stereocenters. The lowest BCUT2D eigenvalue weighted by Crippen LogP contribution is -2.41. The molecular weight excluding hydrogens is 412 g/mol. The van der Waals surface area contributed by atoms with Crippen LogP contribution in [-0.2, 0) is 4.79 Å². The summed E-state index contributed by atoms with van der Waals surface area (Å²) in [6.07, 6.45) is 1.80. The van der Waals surface area contributed by atoms with Crippen molar-refractivity contribution >= 4 is 28.8 Å². The van der Waals surface area contributed by atoms with Gasteiger partial charge >= 0.3 is 0 Å². The van der Waals surface area contributed by atoms with E-state index in [9.17, 15) is 9.59 Å². The number of hydrogen-bond acceptors (Lipinski definition) is 6. The molecule has 0 unspecified atom stereocenters. The average molecular weight is 437 g/mol. The predicted molar refractivity (Wildman–Crippen MR) is 120 cm³/mol. The van der Waals surface area contributed by atoms with E-state index in [1.54, 1.807) is 0 Å². The van der Waals surface area contributed by atoms with E-state index in [-0.39, 0.29) is 24.3 Å². The van der Waals surface area contributed by atoms with Crippen LogP contribution in [0.1, 0.15) is 39.1 Å². The number of carbonyl (C=O) groups is 2. The largest absolute Gasteiger partial charge is 0.484 e. The monoisotopic (exact) mass is 436 g/mol. The Kier molecular flexibility index (Phi) is 6.57. The molecule has 0 aliphatic carbocycles. The fraction of sp³-hybridized carbons (Fsp3) is 0.304. The van der Waals surface area contributed by atoms with Crippen molar-refractivity contribution in [1.29, 1.82) is 0 Å². The fourth-order valence-corrected chi connectivity index (χ4v) is 4.40. The summed E-state index contributed by atoms with van der Waals surface area (Å²) >= 11 is 1.29. The number of amides is 2. The molecular formula is C23H24N4O3S. The number of hydrogen-bond donors (Lipinski definition) is 1. The molecule has 2 aromatic carbocycles. The lowest BCUT2D eigenvalue weighted by Gasteiger charge is -2.31. The van der Waals surface area contributed by atoms with E-state index < -0.39 is 0 Å². The summed E-state index contributed by atoms with van der Waals surface area (Å²) in [5.41, 5.74) is 1.75. The average Bonchev–Trinajstić information content (AvgIpc) is 3.30. The van der Waals surface area contributed by atoms with Gasteiger partial charge in [-0.3, -0.25) is 9.59 Å². The molecule has 1 saturated heterocycles. The van der Waals surface area contributed by atoms with Crippen LogP contribution in [0.3, 0.4) is 0 Å². The molecule has 1 aromatic heterocycles. The number of rotatable bonds is 6. The van der Waals surface area contributed by atoms with Crippen LogP contribution in [0, 0.1) is 6.92 Å². The highest BCUT2D eigenvalue weighted by Gasteiger charge is 2.28. The zero-order valence-electron chi connectivity index (χ0n) is 17.3. The molecule has 1 aliphatic heterocycles. The van der Waals surface area contributed by atoms with Gasteiger partial charge in [0.05, 0.1) is 0 Å². The first-order chi connectivity index (χ1) is 15.1. The minimum atomic E-state index is -0.266. The minimum Gasteiger partial charge on any atom is -0.484 e. The Morgan fingerprint density at radius 2 is 1.90 bits per heavy atom. The van der Waals surface area contributed by atoms with Gasteiger partial charge in [0.1, 0.15) is 10.8 Å². The van der Waals surface area contributed by atoms with Gasteiger partial charge < -0.3 is 15.0 Å². The molecule has 2 amide bonds. The summed E-state index contributed by atoms with van der Waals surface area (Å²) < 4.78 is 5.59. The number of piperidine rings is 1. The topological polar surface area (TPSA) is 84.4 Å². The van der Waals surface area contributed by atoms with E-state index >= 15 is 0 Å². The maximum atomic E-state index is 12.6. The molecule has 8 heteroatoms. The fourth-order valence-electron chi connectivity index (χ4n) is 3.54. The number of nitrogens with one attached hydrogen (secondary N) is 1. The van der Waals surface area contributed by atoms with Crippen LogP contribution in [0.25, 0.3) is 0 Å². The molecule has 1 N–H and O–H groups in total. The normalized spacial score (nSPS) is 16.0. The van der Waals surface area contributed by atoms with Crippen molar-refractivity contribution in [3.63, 3.8) is 0 Å². The van der Waals surface area contributed by atoms with Crippen molar-refractivity contribution < 1.29 is 14.3 Å². The smallest absolute Gasteiger partial charge is 0.286 e. The number of nitrogens with zero attached hydrogens (tertiary/aromatic N) is 3. The van der Waals surface area contributed by atoms with Crippen molar-refractivity contribution in [3.8, 4) is 5.75 Å². The second kappa shape index (κ2) is 9.70. The summed E-state index contributed by atoms with van der Waals surface area (Å²) in [4.78, 5) is 27.0. The highest BCUT2D eigenvalue weighted by molar-refractivity contribution is 7.13. The Balaban J connectivity index is 1.35. The lowest BCUT2D eigenvalue weighted by molar-refractivity contribution is -0.134. The van der Waals surface area contributed by atoms with E-state index in [1.165, 1.54) is 11.3 Å². The van der Waals surface area contributed by atoms with Gasteiger partial charge in [-0.1, -0.05) is 47.7 Å². The van der Waals surface area contributed by atoms with Gasteiger partial charge in [0, 0.05) is 24.7 Å². The molecule has 0 saturated carbocycles. The number of anilines is 1. The molecule has 1 fully saturated rings. The Labute approximate surface area is 185 Å². The van der Waals surface area contributed by atoms with Crippen molar-refractivity contribution in [2.75, 3.05) is 25.0 Å². The summed E-state index contributed by atoms with van der Waals surface area (Å²) in [6, 6.07) is 16.9. The second-order valence-electron chi connectivity index (χ2n) is 7.50. The number of aromatic nitrogens is 2. The number of benzene rings is 2. The minimum absolute atomic E-state index is 0.0108. The number of aryl methyl sites for hydroxylation is 1. The van der Waals surface area contributed by atoms with Crippen molar-refractivity contribution in [1.82, 2.24) is 15.1 Å². The van der Waals surface area contributed by atoms with Gasteiger partial charge in [0.25, 0.3) is 11.8 Å². The van der Waals surface area contributed by atoms with Crippen LogP contribution in [-0.4, -0.2) is 46.6 Å². The van der Waals surface area contributed by atoms with Gasteiger partial charge in [-0.15, -0.1) is 10.2 Å². The van der Waals surface area contributed by atoms with E-state index in [0.29, 0.717) is 23.8 Å². The molecule has 0 spiro atoms. The second-order valence-corrected chi connectivity index (χ2v) is 8.50. The van der Waals surface area contributed by atoms with E-state index in [1.807, 2.05) is 66.4 Å². The van der Waals surface area contributed by atoms with Crippen LogP contribution < -0.4 is 10.1 Å². The van der Waals surface area contributed by atoms with E-state index in [4.69, 9.17) is 4.74 Å². The zero-order chi connectivity index (χ0) is 21.6. The first-order valence-electron chi connectivity index (χ1n) is 10.3. The highest BCUT2D eigenvalue weighted by Crippen LogP contribution is 2.29. The summed E-state index contributed by atoms with van der Waals surface area (Å²) in [6.45, 7) is 3.21. The van der Waals surface area contributed by atoms with Crippen LogP contribution in [0.5, 0.6) is 5.75 Å².